The lowest BCUT2D eigenvalue weighted by Crippen LogP contribution is -2.34. The number of furan rings is 1. The van der Waals surface area contributed by atoms with E-state index in [1.807, 2.05) is 68.4 Å². The molecule has 0 saturated heterocycles. The van der Waals surface area contributed by atoms with Crippen molar-refractivity contribution in [3.63, 3.8) is 0 Å². The van der Waals surface area contributed by atoms with E-state index in [9.17, 15) is 4.79 Å². The third-order valence-electron chi connectivity index (χ3n) is 3.75. The number of carbonyl (C=O) groups is 1. The number of carbonyl (C=O) groups excluding carboxylic acids is 1. The molecule has 0 fully saturated rings. The van der Waals surface area contributed by atoms with Crippen molar-refractivity contribution in [2.24, 2.45) is 0 Å². The molecule has 3 nitrogen and oxygen atoms in total. The minimum atomic E-state index is -0.0401. The topological polar surface area (TPSA) is 42.2 Å². The van der Waals surface area contributed by atoms with E-state index in [0.717, 1.165) is 27.9 Å². The van der Waals surface area contributed by atoms with Crippen LogP contribution in [0.1, 0.15) is 28.6 Å². The van der Waals surface area contributed by atoms with E-state index >= 15 is 0 Å². The van der Waals surface area contributed by atoms with Crippen LogP contribution in [0.25, 0.3) is 11.0 Å². The molecule has 1 N–H and O–H groups in total. The zero-order chi connectivity index (χ0) is 15.5. The van der Waals surface area contributed by atoms with Crippen LogP contribution in [0.3, 0.4) is 0 Å². The van der Waals surface area contributed by atoms with Gasteiger partial charge < -0.3 is 9.73 Å². The quantitative estimate of drug-likeness (QED) is 0.787. The molecule has 0 aliphatic carbocycles. The predicted octanol–water partition coefficient (Wildman–Crippen LogP) is 4.10. The number of benzene rings is 2. The fourth-order valence-electron chi connectivity index (χ4n) is 2.62. The van der Waals surface area contributed by atoms with Gasteiger partial charge in [-0.25, -0.2) is 0 Å². The highest BCUT2D eigenvalue weighted by molar-refractivity contribution is 5.95. The molecule has 0 aliphatic heterocycles. The molecule has 0 radical (unpaired) electrons. The number of amides is 1. The van der Waals surface area contributed by atoms with E-state index in [-0.39, 0.29) is 11.9 Å². The van der Waals surface area contributed by atoms with Gasteiger partial charge in [0.05, 0.1) is 0 Å². The molecule has 1 aromatic heterocycles. The van der Waals surface area contributed by atoms with Crippen LogP contribution in [0.2, 0.25) is 0 Å². The zero-order valence-corrected chi connectivity index (χ0v) is 12.8. The third kappa shape index (κ3) is 3.03. The molecule has 0 aliphatic rings. The summed E-state index contributed by atoms with van der Waals surface area (Å²) in [6.45, 7) is 3.93. The van der Waals surface area contributed by atoms with Gasteiger partial charge in [-0.05, 0) is 37.6 Å². The van der Waals surface area contributed by atoms with E-state index in [1.54, 1.807) is 0 Å². The van der Waals surface area contributed by atoms with Gasteiger partial charge in [-0.15, -0.1) is 0 Å². The minimum absolute atomic E-state index is 0.00710. The van der Waals surface area contributed by atoms with E-state index in [2.05, 4.69) is 5.32 Å². The smallest absolute Gasteiger partial charge is 0.251 e. The molecule has 0 unspecified atom stereocenters. The van der Waals surface area contributed by atoms with Crippen molar-refractivity contribution in [2.75, 3.05) is 0 Å². The van der Waals surface area contributed by atoms with Gasteiger partial charge in [0, 0.05) is 23.4 Å². The first kappa shape index (κ1) is 14.4. The lowest BCUT2D eigenvalue weighted by molar-refractivity contribution is 0.0939. The summed E-state index contributed by atoms with van der Waals surface area (Å²) in [5, 5.41) is 4.12. The molecular formula is C19H19NO2. The van der Waals surface area contributed by atoms with Gasteiger partial charge in [0.2, 0.25) is 0 Å². The van der Waals surface area contributed by atoms with Crippen LogP contribution in [0.15, 0.2) is 59.0 Å². The van der Waals surface area contributed by atoms with E-state index < -0.39 is 0 Å². The van der Waals surface area contributed by atoms with Gasteiger partial charge in [0.1, 0.15) is 11.3 Å². The predicted molar refractivity (Wildman–Crippen MR) is 88.0 cm³/mol. The summed E-state index contributed by atoms with van der Waals surface area (Å²) in [7, 11) is 0. The van der Waals surface area contributed by atoms with Crippen molar-refractivity contribution >= 4 is 16.9 Å². The Morgan fingerprint density at radius 2 is 1.86 bits per heavy atom. The van der Waals surface area contributed by atoms with Crippen LogP contribution in [-0.2, 0) is 6.42 Å². The van der Waals surface area contributed by atoms with Gasteiger partial charge in [0.15, 0.2) is 0 Å². The number of hydrogen-bond acceptors (Lipinski definition) is 2. The number of fused-ring (bicyclic) bond motifs is 1. The van der Waals surface area contributed by atoms with Crippen LogP contribution in [0.5, 0.6) is 0 Å². The second-order valence-electron chi connectivity index (χ2n) is 5.64. The average molecular weight is 293 g/mol. The van der Waals surface area contributed by atoms with Gasteiger partial charge in [0.25, 0.3) is 5.91 Å². The summed E-state index contributed by atoms with van der Waals surface area (Å²) >= 11 is 0. The molecule has 0 saturated carbocycles. The van der Waals surface area contributed by atoms with Crippen LogP contribution in [-0.4, -0.2) is 11.9 Å². The summed E-state index contributed by atoms with van der Waals surface area (Å²) in [4.78, 5) is 12.3. The Morgan fingerprint density at radius 3 is 2.64 bits per heavy atom. The number of hydrogen-bond donors (Lipinski definition) is 1. The van der Waals surface area contributed by atoms with Crippen LogP contribution < -0.4 is 5.32 Å². The van der Waals surface area contributed by atoms with E-state index in [0.29, 0.717) is 6.42 Å². The molecule has 3 heteroatoms. The first-order valence-corrected chi connectivity index (χ1v) is 7.47. The fourth-order valence-corrected chi connectivity index (χ4v) is 2.62. The molecule has 1 amide bonds. The highest BCUT2D eigenvalue weighted by Gasteiger charge is 2.13. The molecule has 3 aromatic rings. The summed E-state index contributed by atoms with van der Waals surface area (Å²) < 4.78 is 5.80. The summed E-state index contributed by atoms with van der Waals surface area (Å²) in [5.41, 5.74) is 2.59. The maximum Gasteiger partial charge on any atom is 0.251 e. The van der Waals surface area contributed by atoms with E-state index in [1.165, 1.54) is 0 Å². The van der Waals surface area contributed by atoms with Crippen molar-refractivity contribution < 1.29 is 9.21 Å². The number of nitrogens with one attached hydrogen (secondary N) is 1. The maximum absolute atomic E-state index is 12.3. The number of rotatable bonds is 4. The molecule has 22 heavy (non-hydrogen) atoms. The summed E-state index contributed by atoms with van der Waals surface area (Å²) in [6.07, 6.45) is 0.673. The molecule has 0 bridgehead atoms. The fraction of sp³-hybridized carbons (Fsp3) is 0.211. The molecule has 1 atom stereocenters. The van der Waals surface area contributed by atoms with Gasteiger partial charge in [-0.1, -0.05) is 36.4 Å². The van der Waals surface area contributed by atoms with Crippen molar-refractivity contribution in [1.82, 2.24) is 5.32 Å². The minimum Gasteiger partial charge on any atom is -0.461 e. The SMILES string of the molecule is Cc1ccccc1C(=O)N[C@@H](C)Cc1cc2ccccc2o1. The Bertz CT molecular complexity index is 771. The Balaban J connectivity index is 1.68. The monoisotopic (exact) mass is 293 g/mol. The Kier molecular flexibility index (Phi) is 3.96. The van der Waals surface area contributed by atoms with Gasteiger partial charge >= 0.3 is 0 Å². The molecule has 2 aromatic carbocycles. The molecule has 3 rings (SSSR count). The first-order valence-electron chi connectivity index (χ1n) is 7.47. The molecule has 1 heterocycles. The normalized spacial score (nSPS) is 12.3. The molecule has 112 valence electrons. The van der Waals surface area contributed by atoms with Crippen molar-refractivity contribution in [3.05, 3.63) is 71.5 Å². The standard InChI is InChI=1S/C19H19NO2/c1-13-7-3-5-9-17(13)19(21)20-14(2)11-16-12-15-8-4-6-10-18(15)22-16/h3-10,12,14H,11H2,1-2H3,(H,20,21)/t14-/m0/s1. The van der Waals surface area contributed by atoms with Gasteiger partial charge in [-0.3, -0.25) is 4.79 Å². The second-order valence-corrected chi connectivity index (χ2v) is 5.64. The Morgan fingerprint density at radius 1 is 1.14 bits per heavy atom. The van der Waals surface area contributed by atoms with Crippen LogP contribution in [0, 0.1) is 6.92 Å². The Hall–Kier alpha value is -2.55. The average Bonchev–Trinajstić information content (AvgIpc) is 2.89. The highest BCUT2D eigenvalue weighted by Crippen LogP contribution is 2.20. The van der Waals surface area contributed by atoms with Crippen molar-refractivity contribution in [2.45, 2.75) is 26.3 Å². The number of para-hydroxylation sites is 1. The lowest BCUT2D eigenvalue weighted by atomic mass is 10.1. The van der Waals surface area contributed by atoms with Crippen LogP contribution in [0.4, 0.5) is 0 Å². The summed E-state index contributed by atoms with van der Waals surface area (Å²) in [6, 6.07) is 17.6. The number of aryl methyl sites for hydroxylation is 1. The second kappa shape index (κ2) is 6.06. The third-order valence-corrected chi connectivity index (χ3v) is 3.75. The van der Waals surface area contributed by atoms with Gasteiger partial charge in [-0.2, -0.15) is 0 Å². The lowest BCUT2D eigenvalue weighted by Gasteiger charge is -2.13. The van der Waals surface area contributed by atoms with Crippen molar-refractivity contribution in [3.8, 4) is 0 Å². The van der Waals surface area contributed by atoms with Crippen molar-refractivity contribution in [1.29, 1.82) is 0 Å². The largest absolute Gasteiger partial charge is 0.461 e. The first-order chi connectivity index (χ1) is 10.6. The maximum atomic E-state index is 12.3. The Labute approximate surface area is 130 Å². The molecule has 0 spiro atoms. The molecular weight excluding hydrogens is 274 g/mol. The van der Waals surface area contributed by atoms with Crippen LogP contribution >= 0.6 is 0 Å². The zero-order valence-electron chi connectivity index (χ0n) is 12.8. The van der Waals surface area contributed by atoms with E-state index in [4.69, 9.17) is 4.42 Å². The summed E-state index contributed by atoms with van der Waals surface area (Å²) in [5.74, 6) is 0.848. The highest BCUT2D eigenvalue weighted by atomic mass is 16.3.